The summed E-state index contributed by atoms with van der Waals surface area (Å²) >= 11 is 0. The van der Waals surface area contributed by atoms with Gasteiger partial charge in [-0.2, -0.15) is 10.1 Å². The third kappa shape index (κ3) is 2.23. The van der Waals surface area contributed by atoms with Crippen LogP contribution in [0.25, 0.3) is 10.9 Å². The monoisotopic (exact) mass is 267 g/mol. The zero-order chi connectivity index (χ0) is 14.1. The fraction of sp³-hybridized carbons (Fsp3) is 0.143. The van der Waals surface area contributed by atoms with Gasteiger partial charge in [-0.1, -0.05) is 12.1 Å². The number of carbonyl (C=O) groups is 1. The maximum atomic E-state index is 12.2. The Kier molecular flexibility index (Phi) is 2.90. The number of amides is 1. The van der Waals surface area contributed by atoms with Crippen LogP contribution in [0.1, 0.15) is 21.6 Å². The predicted molar refractivity (Wildman–Crippen MR) is 75.6 cm³/mol. The van der Waals surface area contributed by atoms with Crippen LogP contribution in [-0.4, -0.2) is 26.1 Å². The number of pyridine rings is 1. The number of nitrogens with zero attached hydrogens (tertiary/aromatic N) is 3. The number of nitrogens with one attached hydrogen (secondary N) is 2. The number of anilines is 1. The molecule has 0 radical (unpaired) electrons. The molecule has 3 rings (SSSR count). The van der Waals surface area contributed by atoms with Crippen LogP contribution >= 0.6 is 0 Å². The summed E-state index contributed by atoms with van der Waals surface area (Å²) in [4.78, 5) is 20.6. The lowest BCUT2D eigenvalue weighted by molar-refractivity contribution is 0.102. The maximum absolute atomic E-state index is 12.2. The van der Waals surface area contributed by atoms with Crippen molar-refractivity contribution >= 4 is 22.8 Å². The second-order valence-electron chi connectivity index (χ2n) is 4.61. The van der Waals surface area contributed by atoms with E-state index in [0.29, 0.717) is 17.2 Å². The molecule has 0 saturated heterocycles. The van der Waals surface area contributed by atoms with E-state index in [4.69, 9.17) is 0 Å². The largest absolute Gasteiger partial charge is 0.291 e. The van der Waals surface area contributed by atoms with Gasteiger partial charge < -0.3 is 0 Å². The topological polar surface area (TPSA) is 83.6 Å². The van der Waals surface area contributed by atoms with Crippen molar-refractivity contribution in [2.45, 2.75) is 13.8 Å². The normalized spacial score (nSPS) is 10.7. The first-order chi connectivity index (χ1) is 9.63. The van der Waals surface area contributed by atoms with Crippen LogP contribution in [0.2, 0.25) is 0 Å². The number of H-pyrrole nitrogens is 1. The van der Waals surface area contributed by atoms with Crippen molar-refractivity contribution in [2.24, 2.45) is 0 Å². The van der Waals surface area contributed by atoms with Crippen LogP contribution in [0.15, 0.2) is 30.6 Å². The number of benzene rings is 1. The molecule has 0 spiro atoms. The molecular weight excluding hydrogens is 254 g/mol. The third-order valence-corrected chi connectivity index (χ3v) is 3.06. The lowest BCUT2D eigenvalue weighted by atomic mass is 10.1. The van der Waals surface area contributed by atoms with Gasteiger partial charge in [0.05, 0.1) is 16.8 Å². The summed E-state index contributed by atoms with van der Waals surface area (Å²) in [6, 6.07) is 7.79. The highest BCUT2D eigenvalue weighted by Crippen LogP contribution is 2.18. The average Bonchev–Trinajstić information content (AvgIpc) is 2.90. The first kappa shape index (κ1) is 12.3. The molecule has 0 aliphatic heterocycles. The van der Waals surface area contributed by atoms with Crippen LogP contribution in [0.4, 0.5) is 5.95 Å². The number of aryl methyl sites for hydroxylation is 2. The lowest BCUT2D eigenvalue weighted by Crippen LogP contribution is -2.15. The summed E-state index contributed by atoms with van der Waals surface area (Å²) < 4.78 is 0. The van der Waals surface area contributed by atoms with Gasteiger partial charge in [-0.25, -0.2) is 5.10 Å². The van der Waals surface area contributed by atoms with Gasteiger partial charge >= 0.3 is 0 Å². The van der Waals surface area contributed by atoms with E-state index in [1.54, 1.807) is 0 Å². The van der Waals surface area contributed by atoms with E-state index in [2.05, 4.69) is 25.5 Å². The Morgan fingerprint density at radius 1 is 1.25 bits per heavy atom. The summed E-state index contributed by atoms with van der Waals surface area (Å²) in [7, 11) is 0. The van der Waals surface area contributed by atoms with Crippen molar-refractivity contribution in [3.05, 3.63) is 47.4 Å². The molecule has 0 atom stereocenters. The predicted octanol–water partition coefficient (Wildman–Crippen LogP) is 2.22. The maximum Gasteiger partial charge on any atom is 0.259 e. The van der Waals surface area contributed by atoms with Crippen LogP contribution in [0.3, 0.4) is 0 Å². The molecule has 1 aromatic carbocycles. The quantitative estimate of drug-likeness (QED) is 0.745. The molecule has 3 aromatic rings. The van der Waals surface area contributed by atoms with Gasteiger partial charge in [0.25, 0.3) is 5.91 Å². The van der Waals surface area contributed by atoms with E-state index in [9.17, 15) is 4.79 Å². The van der Waals surface area contributed by atoms with Crippen LogP contribution in [0, 0.1) is 13.8 Å². The highest BCUT2D eigenvalue weighted by Gasteiger charge is 2.13. The van der Waals surface area contributed by atoms with E-state index in [0.717, 1.165) is 16.5 Å². The third-order valence-electron chi connectivity index (χ3n) is 3.06. The molecular formula is C14H13N5O. The summed E-state index contributed by atoms with van der Waals surface area (Å²) in [6.45, 7) is 3.83. The summed E-state index contributed by atoms with van der Waals surface area (Å²) in [5, 5.41) is 9.85. The Labute approximate surface area is 115 Å². The van der Waals surface area contributed by atoms with Gasteiger partial charge in [-0.15, -0.1) is 0 Å². The van der Waals surface area contributed by atoms with Crippen molar-refractivity contribution in [2.75, 3.05) is 5.32 Å². The zero-order valence-corrected chi connectivity index (χ0v) is 11.1. The van der Waals surface area contributed by atoms with Crippen molar-refractivity contribution in [3.63, 3.8) is 0 Å². The zero-order valence-electron chi connectivity index (χ0n) is 11.1. The van der Waals surface area contributed by atoms with E-state index in [1.807, 2.05) is 38.1 Å². The molecule has 0 fully saturated rings. The Morgan fingerprint density at radius 2 is 2.10 bits per heavy atom. The molecule has 20 heavy (non-hydrogen) atoms. The summed E-state index contributed by atoms with van der Waals surface area (Å²) in [5.41, 5.74) is 3.24. The Balaban J connectivity index is 2.00. The average molecular weight is 267 g/mol. The van der Waals surface area contributed by atoms with E-state index >= 15 is 0 Å². The highest BCUT2D eigenvalue weighted by molar-refractivity contribution is 6.06. The van der Waals surface area contributed by atoms with Crippen LogP contribution in [-0.2, 0) is 0 Å². The van der Waals surface area contributed by atoms with Gasteiger partial charge in [-0.3, -0.25) is 15.1 Å². The van der Waals surface area contributed by atoms with Gasteiger partial charge in [0.15, 0.2) is 0 Å². The van der Waals surface area contributed by atoms with Crippen LogP contribution in [0.5, 0.6) is 0 Å². The number of carbonyl (C=O) groups excluding carboxylic acids is 1. The molecule has 0 aliphatic carbocycles. The van der Waals surface area contributed by atoms with Crippen molar-refractivity contribution in [1.82, 2.24) is 20.2 Å². The number of rotatable bonds is 2. The fourth-order valence-corrected chi connectivity index (χ4v) is 2.04. The van der Waals surface area contributed by atoms with Gasteiger partial charge in [-0.05, 0) is 31.5 Å². The molecule has 2 aromatic heterocycles. The van der Waals surface area contributed by atoms with Crippen molar-refractivity contribution < 1.29 is 4.79 Å². The molecule has 0 aliphatic rings. The highest BCUT2D eigenvalue weighted by atomic mass is 16.1. The lowest BCUT2D eigenvalue weighted by Gasteiger charge is -2.07. The molecule has 0 bridgehead atoms. The molecule has 6 nitrogen and oxygen atoms in total. The summed E-state index contributed by atoms with van der Waals surface area (Å²) in [5.74, 6) is 0.0626. The van der Waals surface area contributed by atoms with Gasteiger partial charge in [0, 0.05) is 5.39 Å². The Hall–Kier alpha value is -2.76. The van der Waals surface area contributed by atoms with Crippen LogP contribution < -0.4 is 5.32 Å². The SMILES string of the molecule is Cc1ccc2cc(C(=O)Nc3ncn[nH]3)c(C)nc2c1. The van der Waals surface area contributed by atoms with E-state index in [1.165, 1.54) is 6.33 Å². The molecule has 0 saturated carbocycles. The number of aromatic nitrogens is 4. The van der Waals surface area contributed by atoms with E-state index in [-0.39, 0.29) is 5.91 Å². The second kappa shape index (κ2) is 4.73. The smallest absolute Gasteiger partial charge is 0.259 e. The van der Waals surface area contributed by atoms with Crippen molar-refractivity contribution in [1.29, 1.82) is 0 Å². The number of aromatic amines is 1. The van der Waals surface area contributed by atoms with Crippen molar-refractivity contribution in [3.8, 4) is 0 Å². The Morgan fingerprint density at radius 3 is 2.85 bits per heavy atom. The number of fused-ring (bicyclic) bond motifs is 1. The van der Waals surface area contributed by atoms with Gasteiger partial charge in [0.1, 0.15) is 6.33 Å². The second-order valence-corrected chi connectivity index (χ2v) is 4.61. The first-order valence-corrected chi connectivity index (χ1v) is 6.18. The summed E-state index contributed by atoms with van der Waals surface area (Å²) in [6.07, 6.45) is 1.34. The van der Waals surface area contributed by atoms with E-state index < -0.39 is 0 Å². The fourth-order valence-electron chi connectivity index (χ4n) is 2.04. The Bertz CT molecular complexity index is 780. The molecule has 1 amide bonds. The molecule has 2 N–H and O–H groups in total. The molecule has 2 heterocycles. The number of hydrogen-bond donors (Lipinski definition) is 2. The minimum atomic E-state index is -0.255. The minimum Gasteiger partial charge on any atom is -0.291 e. The number of hydrogen-bond acceptors (Lipinski definition) is 4. The molecule has 100 valence electrons. The molecule has 6 heteroatoms. The standard InChI is InChI=1S/C14H13N5O/c1-8-3-4-10-6-11(9(2)17-12(10)5-8)13(20)18-14-15-7-16-19-14/h3-7H,1-2H3,(H2,15,16,18,19,20). The van der Waals surface area contributed by atoms with Gasteiger partial charge in [0.2, 0.25) is 5.95 Å². The minimum absolute atomic E-state index is 0.255. The first-order valence-electron chi connectivity index (χ1n) is 6.18. The molecule has 0 unspecified atom stereocenters.